The summed E-state index contributed by atoms with van der Waals surface area (Å²) in [5.41, 5.74) is 1.03. The zero-order chi connectivity index (χ0) is 32.1. The van der Waals surface area contributed by atoms with Crippen LogP contribution in [0.4, 0.5) is 27.6 Å². The fourth-order valence-corrected chi connectivity index (χ4v) is 5.95. The number of piperidine rings is 1. The molecule has 14 heteroatoms. The van der Waals surface area contributed by atoms with Gasteiger partial charge in [-0.2, -0.15) is 22.0 Å². The van der Waals surface area contributed by atoms with Crippen LogP contribution in [0.1, 0.15) is 58.9 Å². The average Bonchev–Trinajstić information content (AvgIpc) is 3.02. The number of halogens is 5. The second-order valence-corrected chi connectivity index (χ2v) is 12.7. The number of benzene rings is 2. The van der Waals surface area contributed by atoms with Crippen LogP contribution < -0.4 is 10.2 Å². The van der Waals surface area contributed by atoms with Crippen molar-refractivity contribution in [3.05, 3.63) is 89.2 Å². The number of anilines is 1. The van der Waals surface area contributed by atoms with E-state index in [9.17, 15) is 40.3 Å². The fraction of sp³-hybridized carbons (Fsp3) is 0.400. The van der Waals surface area contributed by atoms with Crippen LogP contribution in [-0.2, 0) is 20.8 Å². The number of pyridine rings is 1. The number of amides is 1. The lowest BCUT2D eigenvalue weighted by atomic mass is 9.86. The lowest BCUT2D eigenvalue weighted by Crippen LogP contribution is -2.45. The van der Waals surface area contributed by atoms with Gasteiger partial charge in [0, 0.05) is 29.9 Å². The molecule has 3 aromatic rings. The lowest BCUT2D eigenvalue weighted by Gasteiger charge is -2.41. The Morgan fingerprint density at radius 2 is 1.75 bits per heavy atom. The van der Waals surface area contributed by atoms with E-state index in [1.165, 1.54) is 49.5 Å². The molecule has 3 atom stereocenters. The first-order chi connectivity index (χ1) is 20.8. The molecule has 0 saturated carbocycles. The predicted octanol–water partition coefficient (Wildman–Crippen LogP) is 5.35. The van der Waals surface area contributed by atoms with Crippen molar-refractivity contribution >= 4 is 21.4 Å². The number of nitrogens with one attached hydrogen (secondary N) is 1. The van der Waals surface area contributed by atoms with Gasteiger partial charge in [-0.05, 0) is 66.9 Å². The van der Waals surface area contributed by atoms with Crippen LogP contribution in [-0.4, -0.2) is 62.6 Å². The second-order valence-electron chi connectivity index (χ2n) is 10.4. The van der Waals surface area contributed by atoms with Crippen molar-refractivity contribution in [2.75, 3.05) is 30.4 Å². The summed E-state index contributed by atoms with van der Waals surface area (Å²) in [7, 11) is -3.47. The smallest absolute Gasteiger partial charge is 0.394 e. The van der Waals surface area contributed by atoms with Crippen LogP contribution in [0, 0.1) is 0 Å². The maximum Gasteiger partial charge on any atom is 0.416 e. The number of aromatic nitrogens is 1. The second kappa shape index (κ2) is 14.0. The van der Waals surface area contributed by atoms with Crippen molar-refractivity contribution in [3.8, 4) is 0 Å². The predicted molar refractivity (Wildman–Crippen MR) is 152 cm³/mol. The molecule has 0 spiro atoms. The minimum absolute atomic E-state index is 0.0258. The van der Waals surface area contributed by atoms with Crippen molar-refractivity contribution in [2.24, 2.45) is 0 Å². The van der Waals surface area contributed by atoms with E-state index in [1.54, 1.807) is 12.1 Å². The van der Waals surface area contributed by atoms with Gasteiger partial charge in [0.05, 0.1) is 47.2 Å². The van der Waals surface area contributed by atoms with Gasteiger partial charge in [0.1, 0.15) is 0 Å². The molecule has 238 valence electrons. The summed E-state index contributed by atoms with van der Waals surface area (Å²) in [6.45, 7) is -1.89. The van der Waals surface area contributed by atoms with Gasteiger partial charge in [-0.1, -0.05) is 19.1 Å². The van der Waals surface area contributed by atoms with Crippen LogP contribution in [0.5, 0.6) is 0 Å². The van der Waals surface area contributed by atoms with Gasteiger partial charge >= 0.3 is 12.8 Å². The molecular weight excluding hydrogens is 609 g/mol. The van der Waals surface area contributed by atoms with E-state index in [0.717, 1.165) is 12.1 Å². The quantitative estimate of drug-likeness (QED) is 0.272. The molecule has 1 aliphatic heterocycles. The maximum atomic E-state index is 13.0. The third kappa shape index (κ3) is 8.10. The van der Waals surface area contributed by atoms with Gasteiger partial charge in [-0.25, -0.2) is 8.42 Å². The minimum atomic E-state index is -4.46. The van der Waals surface area contributed by atoms with Crippen LogP contribution in [0.25, 0.3) is 0 Å². The van der Waals surface area contributed by atoms with Crippen molar-refractivity contribution in [1.29, 1.82) is 0 Å². The Kier molecular flexibility index (Phi) is 10.6. The van der Waals surface area contributed by atoms with E-state index in [4.69, 9.17) is 0 Å². The van der Waals surface area contributed by atoms with Crippen molar-refractivity contribution < 1.29 is 45.0 Å². The molecule has 2 aromatic carbocycles. The first-order valence-electron chi connectivity index (χ1n) is 13.9. The third-order valence-electron chi connectivity index (χ3n) is 7.63. The average molecular weight is 642 g/mol. The van der Waals surface area contributed by atoms with E-state index in [2.05, 4.69) is 15.0 Å². The van der Waals surface area contributed by atoms with Crippen LogP contribution >= 0.6 is 0 Å². The first-order valence-corrected chi connectivity index (χ1v) is 15.5. The van der Waals surface area contributed by atoms with E-state index < -0.39 is 52.8 Å². The standard InChI is InChI=1S/C30H32F5N3O5S/c1-2-44(41,42)25-13-14-26(36-15-25)27(17-39)37-28(40)20-5-10-23(11-6-20)38-16-21(7-12-24(38)18-43-29(31)32)19-3-8-22(9-4-19)30(33,34)35/h3-6,8-11,13-15,21,24,27,29,39H,2,7,12,16-18H2,1H3,(H,37,40)/t21-,24+,27+/m1/s1. The Bertz CT molecular complexity index is 1500. The van der Waals surface area contributed by atoms with Gasteiger partial charge in [0.15, 0.2) is 9.84 Å². The number of carbonyl (C=O) groups is 1. The Labute approximate surface area is 251 Å². The molecule has 8 nitrogen and oxygen atoms in total. The molecule has 2 heterocycles. The Morgan fingerprint density at radius 1 is 1.07 bits per heavy atom. The van der Waals surface area contributed by atoms with E-state index >= 15 is 0 Å². The number of sulfone groups is 1. The largest absolute Gasteiger partial charge is 0.416 e. The number of aliphatic hydroxyl groups excluding tert-OH is 1. The molecule has 0 unspecified atom stereocenters. The Morgan fingerprint density at radius 3 is 2.30 bits per heavy atom. The summed E-state index contributed by atoms with van der Waals surface area (Å²) in [5, 5.41) is 12.5. The number of alkyl halides is 5. The van der Waals surface area contributed by atoms with Crippen LogP contribution in [0.15, 0.2) is 71.8 Å². The topological polar surface area (TPSA) is 109 Å². The summed E-state index contributed by atoms with van der Waals surface area (Å²) < 4.78 is 93.5. The van der Waals surface area contributed by atoms with E-state index in [1.807, 2.05) is 4.90 Å². The Hall–Kier alpha value is -3.62. The number of nitrogens with zero attached hydrogens (tertiary/aromatic N) is 2. The number of ether oxygens (including phenoxy) is 1. The molecule has 0 bridgehead atoms. The fourth-order valence-electron chi connectivity index (χ4n) is 5.12. The first kappa shape index (κ1) is 33.3. The summed E-state index contributed by atoms with van der Waals surface area (Å²) in [6.07, 6.45) is -2.28. The molecule has 0 radical (unpaired) electrons. The lowest BCUT2D eigenvalue weighted by molar-refractivity contribution is -0.137. The zero-order valence-electron chi connectivity index (χ0n) is 23.7. The molecule has 1 aliphatic rings. The number of hydrogen-bond acceptors (Lipinski definition) is 7. The molecule has 1 amide bonds. The van der Waals surface area contributed by atoms with E-state index in [0.29, 0.717) is 30.6 Å². The van der Waals surface area contributed by atoms with Crippen molar-refractivity contribution in [1.82, 2.24) is 10.3 Å². The summed E-state index contributed by atoms with van der Waals surface area (Å²) in [4.78, 5) is 18.9. The molecule has 1 fully saturated rings. The highest BCUT2D eigenvalue weighted by molar-refractivity contribution is 7.91. The highest BCUT2D eigenvalue weighted by Gasteiger charge is 2.33. The monoisotopic (exact) mass is 641 g/mol. The number of carbonyl (C=O) groups excluding carboxylic acids is 1. The van der Waals surface area contributed by atoms with E-state index in [-0.39, 0.29) is 34.4 Å². The zero-order valence-corrected chi connectivity index (χ0v) is 24.5. The Balaban J connectivity index is 1.49. The normalized spacial score (nSPS) is 18.3. The number of rotatable bonds is 11. The molecular formula is C30H32F5N3O5S. The number of aliphatic hydroxyl groups is 1. The molecule has 0 aliphatic carbocycles. The number of hydrogen-bond donors (Lipinski definition) is 2. The maximum absolute atomic E-state index is 13.0. The van der Waals surface area contributed by atoms with Crippen molar-refractivity contribution in [3.63, 3.8) is 0 Å². The molecule has 1 aromatic heterocycles. The van der Waals surface area contributed by atoms with Crippen LogP contribution in [0.3, 0.4) is 0 Å². The van der Waals surface area contributed by atoms with Gasteiger partial charge in [-0.3, -0.25) is 9.78 Å². The summed E-state index contributed by atoms with van der Waals surface area (Å²) in [5.74, 6) is -0.807. The highest BCUT2D eigenvalue weighted by Crippen LogP contribution is 2.36. The van der Waals surface area contributed by atoms with Crippen molar-refractivity contribution in [2.45, 2.75) is 55.5 Å². The summed E-state index contributed by atoms with van der Waals surface area (Å²) in [6, 6.07) is 12.6. The van der Waals surface area contributed by atoms with Gasteiger partial charge in [-0.15, -0.1) is 0 Å². The van der Waals surface area contributed by atoms with Gasteiger partial charge in [0.25, 0.3) is 5.91 Å². The van der Waals surface area contributed by atoms with Gasteiger partial charge < -0.3 is 20.1 Å². The minimum Gasteiger partial charge on any atom is -0.394 e. The van der Waals surface area contributed by atoms with Crippen LogP contribution in [0.2, 0.25) is 0 Å². The molecule has 44 heavy (non-hydrogen) atoms. The third-order valence-corrected chi connectivity index (χ3v) is 9.35. The molecule has 4 rings (SSSR count). The summed E-state index contributed by atoms with van der Waals surface area (Å²) >= 11 is 0. The highest BCUT2D eigenvalue weighted by atomic mass is 32.2. The molecule has 1 saturated heterocycles. The SMILES string of the molecule is CCS(=O)(=O)c1ccc([C@H](CO)NC(=O)c2ccc(N3C[C@H](c4ccc(C(F)(F)F)cc4)CC[C@H]3COC(F)F)cc2)nc1. The van der Waals surface area contributed by atoms with Gasteiger partial charge in [0.2, 0.25) is 0 Å². The molecule has 2 N–H and O–H groups in total.